The summed E-state index contributed by atoms with van der Waals surface area (Å²) in [6.45, 7) is 1.76. The molecule has 0 saturated heterocycles. The molecule has 1 saturated carbocycles. The maximum Gasteiger partial charge on any atom is 0.137 e. The van der Waals surface area contributed by atoms with Gasteiger partial charge in [-0.15, -0.1) is 12.4 Å². The number of nitrogens with one attached hydrogen (secondary N) is 1. The highest BCUT2D eigenvalue weighted by Crippen LogP contribution is 2.38. The molecule has 1 aliphatic carbocycles. The van der Waals surface area contributed by atoms with E-state index >= 15 is 0 Å². The van der Waals surface area contributed by atoms with Gasteiger partial charge < -0.3 is 25.0 Å². The van der Waals surface area contributed by atoms with E-state index in [0.717, 1.165) is 11.3 Å². The first-order valence-electron chi connectivity index (χ1n) is 8.83. The molecule has 0 aliphatic heterocycles. The number of aliphatic hydroxyl groups is 2. The number of hydrogen-bond donors (Lipinski definition) is 3. The summed E-state index contributed by atoms with van der Waals surface area (Å²) in [5.74, 6) is 1.52. The molecule has 3 rings (SSSR count). The van der Waals surface area contributed by atoms with E-state index in [0.29, 0.717) is 38.3 Å². The minimum absolute atomic E-state index is 0. The summed E-state index contributed by atoms with van der Waals surface area (Å²) in [5.41, 5.74) is 0.828. The topological polar surface area (TPSA) is 83.8 Å². The fourth-order valence-corrected chi connectivity index (χ4v) is 3.44. The van der Waals surface area contributed by atoms with Crippen molar-refractivity contribution in [2.45, 2.75) is 31.6 Å². The third-order valence-corrected chi connectivity index (χ3v) is 4.90. The third-order valence-electron chi connectivity index (χ3n) is 4.90. The second kappa shape index (κ2) is 9.90. The Morgan fingerprint density at radius 1 is 1.11 bits per heavy atom. The molecule has 7 heteroatoms. The van der Waals surface area contributed by atoms with Crippen molar-refractivity contribution in [3.63, 3.8) is 0 Å². The number of rotatable bonds is 8. The number of pyridine rings is 1. The van der Waals surface area contributed by atoms with Crippen LogP contribution in [0.25, 0.3) is 0 Å². The molecule has 0 amide bonds. The predicted octanol–water partition coefficient (Wildman–Crippen LogP) is 2.18. The maximum atomic E-state index is 10.0. The molecular weight excluding hydrogens is 368 g/mol. The summed E-state index contributed by atoms with van der Waals surface area (Å²) in [6, 6.07) is 11.6. The van der Waals surface area contributed by atoms with Crippen molar-refractivity contribution in [2.24, 2.45) is 5.41 Å². The van der Waals surface area contributed by atoms with Gasteiger partial charge in [-0.3, -0.25) is 4.98 Å². The minimum Gasteiger partial charge on any atom is -0.497 e. The lowest BCUT2D eigenvalue weighted by molar-refractivity contribution is 0.0438. The predicted molar refractivity (Wildman–Crippen MR) is 105 cm³/mol. The number of methoxy groups -OCH3 is 1. The number of aromatic nitrogens is 1. The van der Waals surface area contributed by atoms with Gasteiger partial charge >= 0.3 is 0 Å². The molecule has 148 valence electrons. The van der Waals surface area contributed by atoms with Crippen LogP contribution in [0.4, 0.5) is 0 Å². The number of hydrogen-bond acceptors (Lipinski definition) is 6. The highest BCUT2D eigenvalue weighted by molar-refractivity contribution is 5.85. The van der Waals surface area contributed by atoms with Gasteiger partial charge in [-0.1, -0.05) is 12.1 Å². The fraction of sp³-hybridized carbons (Fsp3) is 0.450. The van der Waals surface area contributed by atoms with E-state index in [1.54, 1.807) is 19.5 Å². The van der Waals surface area contributed by atoms with Gasteiger partial charge in [0.05, 0.1) is 32.1 Å². The molecule has 1 fully saturated rings. The molecular formula is C20H27ClN2O4. The van der Waals surface area contributed by atoms with Crippen molar-refractivity contribution in [2.75, 3.05) is 20.3 Å². The fourth-order valence-electron chi connectivity index (χ4n) is 3.44. The van der Waals surface area contributed by atoms with E-state index in [1.165, 1.54) is 0 Å². The number of ether oxygens (including phenoxy) is 2. The molecule has 3 N–H and O–H groups in total. The lowest BCUT2D eigenvalue weighted by Gasteiger charge is -2.29. The Hall–Kier alpha value is -1.86. The average Bonchev–Trinajstić information content (AvgIpc) is 2.96. The Morgan fingerprint density at radius 2 is 1.81 bits per heavy atom. The normalized spacial score (nSPS) is 24.3. The largest absolute Gasteiger partial charge is 0.497 e. The summed E-state index contributed by atoms with van der Waals surface area (Å²) in [6.07, 6.45) is 2.95. The van der Waals surface area contributed by atoms with E-state index in [2.05, 4.69) is 10.3 Å². The Bertz CT molecular complexity index is 674. The first kappa shape index (κ1) is 21.4. The van der Waals surface area contributed by atoms with Crippen LogP contribution >= 0.6 is 12.4 Å². The zero-order valence-electron chi connectivity index (χ0n) is 15.4. The molecule has 2 aromatic rings. The Balaban J connectivity index is 0.00000261. The number of nitrogens with zero attached hydrogens (tertiary/aromatic N) is 1. The van der Waals surface area contributed by atoms with Crippen molar-refractivity contribution in [3.05, 3.63) is 54.4 Å². The summed E-state index contributed by atoms with van der Waals surface area (Å²) in [5, 5.41) is 23.5. The third kappa shape index (κ3) is 5.81. The molecule has 1 heterocycles. The van der Waals surface area contributed by atoms with Crippen molar-refractivity contribution in [1.82, 2.24) is 10.3 Å². The van der Waals surface area contributed by atoms with Crippen LogP contribution < -0.4 is 14.8 Å². The minimum atomic E-state index is -0.713. The zero-order chi connectivity index (χ0) is 18.4. The van der Waals surface area contributed by atoms with E-state index < -0.39 is 12.2 Å². The number of halogens is 1. The molecule has 3 atom stereocenters. The zero-order valence-corrected chi connectivity index (χ0v) is 16.2. The van der Waals surface area contributed by atoms with E-state index in [9.17, 15) is 10.2 Å². The lowest BCUT2D eigenvalue weighted by atomic mass is 9.86. The molecule has 1 unspecified atom stereocenters. The molecule has 27 heavy (non-hydrogen) atoms. The molecule has 0 spiro atoms. The molecule has 1 aromatic heterocycles. The van der Waals surface area contributed by atoms with Crippen molar-refractivity contribution in [1.29, 1.82) is 0 Å². The van der Waals surface area contributed by atoms with Gasteiger partial charge in [0.2, 0.25) is 0 Å². The van der Waals surface area contributed by atoms with E-state index in [4.69, 9.17) is 9.47 Å². The smallest absolute Gasteiger partial charge is 0.137 e. The van der Waals surface area contributed by atoms with Gasteiger partial charge in [-0.25, -0.2) is 0 Å². The van der Waals surface area contributed by atoms with E-state index in [-0.39, 0.29) is 17.8 Å². The van der Waals surface area contributed by atoms with Crippen LogP contribution in [0.3, 0.4) is 0 Å². The molecule has 1 aliphatic rings. The standard InChI is InChI=1S/C20H26N2O4.ClH/c1-25-16-6-4-15(5-7-16)11-22-13-20(9-18(23)19(24)10-20)14-26-17-3-2-8-21-12-17;/h2-8,12,18-19,22-24H,9-11,13-14H2,1H3;1H/t18-,19+,20?;. The molecule has 0 radical (unpaired) electrons. The Kier molecular flexibility index (Phi) is 7.86. The monoisotopic (exact) mass is 394 g/mol. The first-order valence-corrected chi connectivity index (χ1v) is 8.83. The summed E-state index contributed by atoms with van der Waals surface area (Å²) in [4.78, 5) is 4.05. The average molecular weight is 395 g/mol. The van der Waals surface area contributed by atoms with Crippen LogP contribution in [-0.2, 0) is 6.54 Å². The second-order valence-electron chi connectivity index (χ2n) is 6.97. The van der Waals surface area contributed by atoms with Crippen LogP contribution in [0, 0.1) is 5.41 Å². The maximum absolute atomic E-state index is 10.0. The van der Waals surface area contributed by atoms with Crippen molar-refractivity contribution >= 4 is 12.4 Å². The molecule has 1 aromatic carbocycles. The van der Waals surface area contributed by atoms with Crippen LogP contribution in [0.1, 0.15) is 18.4 Å². The van der Waals surface area contributed by atoms with Gasteiger partial charge in [0.25, 0.3) is 0 Å². The molecule has 6 nitrogen and oxygen atoms in total. The van der Waals surface area contributed by atoms with E-state index in [1.807, 2.05) is 36.4 Å². The molecule has 0 bridgehead atoms. The van der Waals surface area contributed by atoms with Gasteiger partial charge in [0, 0.05) is 24.7 Å². The number of benzene rings is 1. The van der Waals surface area contributed by atoms with Crippen LogP contribution in [0.15, 0.2) is 48.8 Å². The van der Waals surface area contributed by atoms with Crippen molar-refractivity contribution < 1.29 is 19.7 Å². The van der Waals surface area contributed by atoms with Gasteiger partial charge in [-0.2, -0.15) is 0 Å². The highest BCUT2D eigenvalue weighted by Gasteiger charge is 2.44. The lowest BCUT2D eigenvalue weighted by Crippen LogP contribution is -2.37. The quantitative estimate of drug-likeness (QED) is 0.636. The van der Waals surface area contributed by atoms with Gasteiger partial charge in [-0.05, 0) is 42.7 Å². The first-order chi connectivity index (χ1) is 12.6. The Morgan fingerprint density at radius 3 is 2.41 bits per heavy atom. The second-order valence-corrected chi connectivity index (χ2v) is 6.97. The van der Waals surface area contributed by atoms with Crippen LogP contribution in [0.2, 0.25) is 0 Å². The number of aliphatic hydroxyl groups excluding tert-OH is 2. The van der Waals surface area contributed by atoms with Crippen LogP contribution in [0.5, 0.6) is 11.5 Å². The van der Waals surface area contributed by atoms with Gasteiger partial charge in [0.1, 0.15) is 11.5 Å². The summed E-state index contributed by atoms with van der Waals surface area (Å²) < 4.78 is 11.1. The van der Waals surface area contributed by atoms with Crippen LogP contribution in [-0.4, -0.2) is 47.7 Å². The highest BCUT2D eigenvalue weighted by atomic mass is 35.5. The SMILES string of the molecule is COc1ccc(CNCC2(COc3cccnc3)C[C@@H](O)[C@@H](O)C2)cc1.Cl. The summed E-state index contributed by atoms with van der Waals surface area (Å²) in [7, 11) is 1.65. The Labute approximate surface area is 166 Å². The van der Waals surface area contributed by atoms with Gasteiger partial charge in [0.15, 0.2) is 0 Å². The van der Waals surface area contributed by atoms with Crippen molar-refractivity contribution in [3.8, 4) is 11.5 Å². The summed E-state index contributed by atoms with van der Waals surface area (Å²) >= 11 is 0.